The summed E-state index contributed by atoms with van der Waals surface area (Å²) in [7, 11) is 0. The van der Waals surface area contributed by atoms with Crippen LogP contribution in [0.3, 0.4) is 0 Å². The van der Waals surface area contributed by atoms with Crippen molar-refractivity contribution < 1.29 is 19.1 Å². The molecule has 3 aromatic rings. The van der Waals surface area contributed by atoms with E-state index >= 15 is 0 Å². The Kier molecular flexibility index (Phi) is 5.00. The van der Waals surface area contributed by atoms with E-state index in [0.717, 1.165) is 37.4 Å². The van der Waals surface area contributed by atoms with Crippen molar-refractivity contribution in [2.45, 2.75) is 39.3 Å². The molecule has 4 rings (SSSR count). The summed E-state index contributed by atoms with van der Waals surface area (Å²) in [6, 6.07) is 7.34. The highest BCUT2D eigenvalue weighted by Crippen LogP contribution is 2.21. The summed E-state index contributed by atoms with van der Waals surface area (Å²) in [6.45, 7) is 5.12. The highest BCUT2D eigenvalue weighted by molar-refractivity contribution is 6.00. The lowest BCUT2D eigenvalue weighted by Gasteiger charge is -2.14. The number of rotatable bonds is 6. The van der Waals surface area contributed by atoms with Gasteiger partial charge in [0.25, 0.3) is 0 Å². The van der Waals surface area contributed by atoms with Crippen molar-refractivity contribution >= 4 is 17.4 Å². The molecule has 0 aliphatic carbocycles. The number of aromatic nitrogens is 3. The third kappa shape index (κ3) is 3.57. The minimum Gasteiger partial charge on any atom is -0.453 e. The fourth-order valence-corrected chi connectivity index (χ4v) is 3.67. The second-order valence-corrected chi connectivity index (χ2v) is 7.12. The number of aryl methyl sites for hydroxylation is 1. The van der Waals surface area contributed by atoms with Crippen LogP contribution < -0.4 is 0 Å². The van der Waals surface area contributed by atoms with Crippen LogP contribution in [0.25, 0.3) is 5.65 Å². The van der Waals surface area contributed by atoms with Crippen molar-refractivity contribution in [2.75, 3.05) is 13.2 Å². The standard InChI is InChI=1S/C21H23N3O4/c1-14-10-17(15(2)24(14)11-16-6-5-9-27-16)19(25)13-28-21(26)18-12-23-8-4-3-7-20(23)22-18/h3-4,7-8,10,12,16H,5-6,9,11,13H2,1-2H3/t16-/m0/s1. The van der Waals surface area contributed by atoms with Gasteiger partial charge in [0.2, 0.25) is 5.78 Å². The molecule has 7 heteroatoms. The summed E-state index contributed by atoms with van der Waals surface area (Å²) >= 11 is 0. The molecule has 28 heavy (non-hydrogen) atoms. The fourth-order valence-electron chi connectivity index (χ4n) is 3.67. The Hall–Kier alpha value is -2.93. The van der Waals surface area contributed by atoms with Gasteiger partial charge in [0.15, 0.2) is 12.3 Å². The number of pyridine rings is 1. The summed E-state index contributed by atoms with van der Waals surface area (Å²) in [5.74, 6) is -0.825. The molecule has 1 aliphatic heterocycles. The summed E-state index contributed by atoms with van der Waals surface area (Å²) in [5, 5.41) is 0. The van der Waals surface area contributed by atoms with Crippen LogP contribution in [0.4, 0.5) is 0 Å². The summed E-state index contributed by atoms with van der Waals surface area (Å²) < 4.78 is 14.8. The van der Waals surface area contributed by atoms with Crippen LogP contribution in [-0.4, -0.2) is 45.0 Å². The average Bonchev–Trinajstić information content (AvgIpc) is 3.41. The molecule has 7 nitrogen and oxygen atoms in total. The average molecular weight is 381 g/mol. The van der Waals surface area contributed by atoms with E-state index in [1.165, 1.54) is 0 Å². The van der Waals surface area contributed by atoms with Crippen LogP contribution in [0.1, 0.15) is 45.1 Å². The Labute approximate surface area is 162 Å². The molecule has 0 radical (unpaired) electrons. The number of fused-ring (bicyclic) bond motifs is 1. The molecule has 0 N–H and O–H groups in total. The largest absolute Gasteiger partial charge is 0.453 e. The van der Waals surface area contributed by atoms with E-state index in [2.05, 4.69) is 9.55 Å². The highest BCUT2D eigenvalue weighted by atomic mass is 16.5. The van der Waals surface area contributed by atoms with E-state index in [1.54, 1.807) is 22.9 Å². The first-order valence-corrected chi connectivity index (χ1v) is 9.45. The third-order valence-corrected chi connectivity index (χ3v) is 5.19. The van der Waals surface area contributed by atoms with Gasteiger partial charge < -0.3 is 18.4 Å². The van der Waals surface area contributed by atoms with Crippen molar-refractivity contribution in [2.24, 2.45) is 0 Å². The van der Waals surface area contributed by atoms with Gasteiger partial charge in [-0.1, -0.05) is 6.07 Å². The molecule has 146 valence electrons. The minimum absolute atomic E-state index is 0.183. The molecule has 0 amide bonds. The van der Waals surface area contributed by atoms with Crippen LogP contribution in [0.5, 0.6) is 0 Å². The molecule has 0 unspecified atom stereocenters. The van der Waals surface area contributed by atoms with Gasteiger partial charge >= 0.3 is 5.97 Å². The van der Waals surface area contributed by atoms with Gasteiger partial charge in [0, 0.05) is 42.5 Å². The number of hydrogen-bond acceptors (Lipinski definition) is 5. The molecule has 3 aromatic heterocycles. The molecular formula is C21H23N3O4. The van der Waals surface area contributed by atoms with Crippen LogP contribution in [0.2, 0.25) is 0 Å². The third-order valence-electron chi connectivity index (χ3n) is 5.19. The Morgan fingerprint density at radius 3 is 2.93 bits per heavy atom. The summed E-state index contributed by atoms with van der Waals surface area (Å²) in [4.78, 5) is 29.1. The van der Waals surface area contributed by atoms with Crippen LogP contribution >= 0.6 is 0 Å². The van der Waals surface area contributed by atoms with E-state index in [9.17, 15) is 9.59 Å². The number of ether oxygens (including phenoxy) is 2. The van der Waals surface area contributed by atoms with Crippen molar-refractivity contribution in [3.63, 3.8) is 0 Å². The monoisotopic (exact) mass is 381 g/mol. The van der Waals surface area contributed by atoms with Gasteiger partial charge in [-0.25, -0.2) is 9.78 Å². The second kappa shape index (κ2) is 7.59. The van der Waals surface area contributed by atoms with E-state index < -0.39 is 5.97 Å². The lowest BCUT2D eigenvalue weighted by molar-refractivity contribution is 0.0469. The van der Waals surface area contributed by atoms with Gasteiger partial charge in [-0.2, -0.15) is 0 Å². The van der Waals surface area contributed by atoms with Crippen molar-refractivity contribution in [3.8, 4) is 0 Å². The number of esters is 1. The molecule has 1 saturated heterocycles. The van der Waals surface area contributed by atoms with Gasteiger partial charge in [-0.05, 0) is 44.9 Å². The molecule has 0 bridgehead atoms. The highest BCUT2D eigenvalue weighted by Gasteiger charge is 2.22. The topological polar surface area (TPSA) is 74.8 Å². The van der Waals surface area contributed by atoms with Crippen LogP contribution in [0, 0.1) is 13.8 Å². The first-order chi connectivity index (χ1) is 13.5. The first kappa shape index (κ1) is 18.4. The number of ketones is 1. The predicted octanol–water partition coefficient (Wildman–Crippen LogP) is 2.97. The molecule has 4 heterocycles. The number of nitrogens with zero attached hydrogens (tertiary/aromatic N) is 3. The van der Waals surface area contributed by atoms with Gasteiger partial charge in [0.1, 0.15) is 5.65 Å². The van der Waals surface area contributed by atoms with Gasteiger partial charge in [0.05, 0.1) is 6.10 Å². The number of carbonyl (C=O) groups is 2. The van der Waals surface area contributed by atoms with Gasteiger partial charge in [-0.3, -0.25) is 4.79 Å². The lowest BCUT2D eigenvalue weighted by atomic mass is 10.1. The predicted molar refractivity (Wildman–Crippen MR) is 103 cm³/mol. The molecule has 0 saturated carbocycles. The quantitative estimate of drug-likeness (QED) is 0.485. The number of hydrogen-bond donors (Lipinski definition) is 0. The number of Topliss-reactive ketones (excluding diaryl/α,β-unsaturated/α-hetero) is 1. The van der Waals surface area contributed by atoms with E-state index in [1.807, 2.05) is 32.0 Å². The maximum atomic E-state index is 12.6. The summed E-state index contributed by atoms with van der Waals surface area (Å²) in [6.07, 6.45) is 5.70. The molecule has 1 aliphatic rings. The normalized spacial score (nSPS) is 16.6. The van der Waals surface area contributed by atoms with Crippen molar-refractivity contribution in [1.82, 2.24) is 14.0 Å². The Morgan fingerprint density at radius 1 is 1.32 bits per heavy atom. The summed E-state index contributed by atoms with van der Waals surface area (Å²) in [5.41, 5.74) is 3.30. The SMILES string of the molecule is Cc1cc(C(=O)COC(=O)c2cn3ccccc3n2)c(C)n1C[C@@H]1CCCO1. The van der Waals surface area contributed by atoms with Crippen molar-refractivity contribution in [3.05, 3.63) is 59.3 Å². The van der Waals surface area contributed by atoms with Crippen LogP contribution in [0.15, 0.2) is 36.7 Å². The molecule has 0 aromatic carbocycles. The molecule has 1 fully saturated rings. The van der Waals surface area contributed by atoms with Crippen molar-refractivity contribution in [1.29, 1.82) is 0 Å². The fraction of sp³-hybridized carbons (Fsp3) is 0.381. The first-order valence-electron chi connectivity index (χ1n) is 9.45. The van der Waals surface area contributed by atoms with Crippen LogP contribution in [-0.2, 0) is 16.0 Å². The molecule has 0 spiro atoms. The zero-order valence-corrected chi connectivity index (χ0v) is 16.1. The maximum Gasteiger partial charge on any atom is 0.359 e. The Bertz CT molecular complexity index is 995. The Morgan fingerprint density at radius 2 is 2.18 bits per heavy atom. The van der Waals surface area contributed by atoms with E-state index in [4.69, 9.17) is 9.47 Å². The maximum absolute atomic E-state index is 12.6. The van der Waals surface area contributed by atoms with Gasteiger partial charge in [-0.15, -0.1) is 0 Å². The zero-order chi connectivity index (χ0) is 19.7. The smallest absolute Gasteiger partial charge is 0.359 e. The zero-order valence-electron chi connectivity index (χ0n) is 16.1. The van der Waals surface area contributed by atoms with E-state index in [-0.39, 0.29) is 24.2 Å². The van der Waals surface area contributed by atoms with E-state index in [0.29, 0.717) is 11.2 Å². The Balaban J connectivity index is 1.42. The number of carbonyl (C=O) groups excluding carboxylic acids is 2. The minimum atomic E-state index is -0.606. The second-order valence-electron chi connectivity index (χ2n) is 7.12. The molecule has 1 atom stereocenters. The number of imidazole rings is 1. The molecular weight excluding hydrogens is 358 g/mol. The lowest BCUT2D eigenvalue weighted by Crippen LogP contribution is -2.18.